The Morgan fingerprint density at radius 2 is 1.91 bits per heavy atom. The fourth-order valence-electron chi connectivity index (χ4n) is 4.51. The predicted molar refractivity (Wildman–Crippen MR) is 126 cm³/mol. The Balaban J connectivity index is 1.72. The fourth-order valence-corrected chi connectivity index (χ4v) is 4.51. The van der Waals surface area contributed by atoms with Crippen molar-refractivity contribution in [2.75, 3.05) is 43.1 Å². The number of nitrogens with one attached hydrogen (secondary N) is 2. The lowest BCUT2D eigenvalue weighted by Gasteiger charge is -2.32. The lowest BCUT2D eigenvalue weighted by atomic mass is 9.87. The Bertz CT molecular complexity index is 999. The lowest BCUT2D eigenvalue weighted by molar-refractivity contribution is -0.0812. The highest BCUT2D eigenvalue weighted by Crippen LogP contribution is 2.44. The molecule has 0 radical (unpaired) electrons. The van der Waals surface area contributed by atoms with Gasteiger partial charge in [-0.3, -0.25) is 0 Å². The summed E-state index contributed by atoms with van der Waals surface area (Å²) < 4.78 is 11.8. The molecular weight excluding hydrogens is 422 g/mol. The van der Waals surface area contributed by atoms with Gasteiger partial charge >= 0.3 is 6.03 Å². The second-order valence-electron chi connectivity index (χ2n) is 9.37. The van der Waals surface area contributed by atoms with Crippen LogP contribution in [0.4, 0.5) is 16.3 Å². The third kappa shape index (κ3) is 5.26. The quantitative estimate of drug-likeness (QED) is 0.614. The van der Waals surface area contributed by atoms with Crippen molar-refractivity contribution in [3.63, 3.8) is 0 Å². The van der Waals surface area contributed by atoms with Gasteiger partial charge in [0.25, 0.3) is 0 Å². The van der Waals surface area contributed by atoms with Crippen molar-refractivity contribution < 1.29 is 19.4 Å². The average Bonchev–Trinajstić information content (AvgIpc) is 3.09. The number of hydrogen-bond donors (Lipinski definition) is 3. The Hall–Kier alpha value is -2.75. The van der Waals surface area contributed by atoms with E-state index >= 15 is 0 Å². The van der Waals surface area contributed by atoms with Crippen LogP contribution in [0.3, 0.4) is 0 Å². The SMILES string of the molecule is CCNC(=O)Nc1ccc(-c2nc(N3CCOCC3)c3c(n2)[C@@](C)(CC(C)(C)O)OC3)cc1. The molecular formula is C24H33N5O4. The van der Waals surface area contributed by atoms with E-state index in [1.54, 1.807) is 13.8 Å². The molecule has 2 aromatic rings. The first kappa shape index (κ1) is 23.4. The fraction of sp³-hybridized carbons (Fsp3) is 0.542. The van der Waals surface area contributed by atoms with Gasteiger partial charge in [-0.15, -0.1) is 0 Å². The van der Waals surface area contributed by atoms with Crippen LogP contribution in [0.2, 0.25) is 0 Å². The number of fused-ring (bicyclic) bond motifs is 1. The Morgan fingerprint density at radius 1 is 1.21 bits per heavy atom. The zero-order valence-corrected chi connectivity index (χ0v) is 19.8. The van der Waals surface area contributed by atoms with Crippen LogP contribution in [0.1, 0.15) is 45.4 Å². The monoisotopic (exact) mass is 455 g/mol. The number of urea groups is 1. The molecule has 2 amide bonds. The number of aromatic nitrogens is 2. The van der Waals surface area contributed by atoms with Gasteiger partial charge in [-0.2, -0.15) is 0 Å². The summed E-state index contributed by atoms with van der Waals surface area (Å²) >= 11 is 0. The normalized spacial score (nSPS) is 20.5. The first-order valence-corrected chi connectivity index (χ1v) is 11.4. The third-order valence-electron chi connectivity index (χ3n) is 5.84. The minimum atomic E-state index is -0.910. The van der Waals surface area contributed by atoms with E-state index in [2.05, 4.69) is 15.5 Å². The molecule has 178 valence electrons. The number of nitrogens with zero attached hydrogens (tertiary/aromatic N) is 3. The highest BCUT2D eigenvalue weighted by molar-refractivity contribution is 5.89. The summed E-state index contributed by atoms with van der Waals surface area (Å²) in [6, 6.07) is 7.23. The van der Waals surface area contributed by atoms with Crippen LogP contribution in [0.5, 0.6) is 0 Å². The van der Waals surface area contributed by atoms with E-state index in [9.17, 15) is 9.90 Å². The van der Waals surface area contributed by atoms with Crippen molar-refractivity contribution in [3.05, 3.63) is 35.5 Å². The molecule has 4 rings (SSSR count). The zero-order chi connectivity index (χ0) is 23.6. The molecule has 9 heteroatoms. The smallest absolute Gasteiger partial charge is 0.319 e. The van der Waals surface area contributed by atoms with E-state index in [1.807, 2.05) is 38.1 Å². The Labute approximate surface area is 194 Å². The number of anilines is 2. The number of ether oxygens (including phenoxy) is 2. The van der Waals surface area contributed by atoms with Gasteiger partial charge in [0.05, 0.1) is 31.1 Å². The zero-order valence-electron chi connectivity index (χ0n) is 19.8. The highest BCUT2D eigenvalue weighted by atomic mass is 16.5. The summed E-state index contributed by atoms with van der Waals surface area (Å²) in [6.45, 7) is 11.2. The molecule has 1 atom stereocenters. The summed E-state index contributed by atoms with van der Waals surface area (Å²) in [6.07, 6.45) is 0.418. The summed E-state index contributed by atoms with van der Waals surface area (Å²) in [5.41, 5.74) is 1.70. The van der Waals surface area contributed by atoms with Gasteiger partial charge in [0, 0.05) is 42.9 Å². The Kier molecular flexibility index (Phi) is 6.56. The van der Waals surface area contributed by atoms with Crippen molar-refractivity contribution in [2.45, 2.75) is 51.9 Å². The van der Waals surface area contributed by atoms with E-state index in [-0.39, 0.29) is 6.03 Å². The largest absolute Gasteiger partial charge is 0.390 e. The Morgan fingerprint density at radius 3 is 2.55 bits per heavy atom. The molecule has 1 fully saturated rings. The van der Waals surface area contributed by atoms with Crippen LogP contribution in [0.25, 0.3) is 11.4 Å². The van der Waals surface area contributed by atoms with Gasteiger partial charge in [0.1, 0.15) is 11.4 Å². The number of carbonyl (C=O) groups is 1. The molecule has 1 saturated heterocycles. The van der Waals surface area contributed by atoms with Gasteiger partial charge in [0.15, 0.2) is 5.82 Å². The molecule has 3 N–H and O–H groups in total. The van der Waals surface area contributed by atoms with Gasteiger partial charge in [0.2, 0.25) is 0 Å². The van der Waals surface area contributed by atoms with Gasteiger partial charge in [-0.25, -0.2) is 14.8 Å². The topological polar surface area (TPSA) is 109 Å². The standard InChI is InChI=1S/C24H33N5O4/c1-5-25-22(30)26-17-8-6-16(7-9-17)20-27-19-18(14-33-24(19,4)15-23(2,3)31)21(28-20)29-10-12-32-13-11-29/h6-9,31H,5,10-15H2,1-4H3,(H2,25,26,30)/t24-/m1/s1. The molecule has 0 unspecified atom stereocenters. The van der Waals surface area contributed by atoms with E-state index in [4.69, 9.17) is 19.4 Å². The summed E-state index contributed by atoms with van der Waals surface area (Å²) in [5.74, 6) is 1.45. The number of morpholine rings is 1. The summed E-state index contributed by atoms with van der Waals surface area (Å²) in [7, 11) is 0. The number of amides is 2. The van der Waals surface area contributed by atoms with Crippen LogP contribution in [-0.2, 0) is 21.7 Å². The molecule has 0 bridgehead atoms. The third-order valence-corrected chi connectivity index (χ3v) is 5.84. The predicted octanol–water partition coefficient (Wildman–Crippen LogP) is 3.03. The van der Waals surface area contributed by atoms with Crippen LogP contribution in [0, 0.1) is 0 Å². The molecule has 1 aromatic carbocycles. The maximum absolute atomic E-state index is 11.8. The molecule has 0 saturated carbocycles. The second-order valence-corrected chi connectivity index (χ2v) is 9.37. The molecule has 2 aliphatic heterocycles. The molecule has 0 spiro atoms. The summed E-state index contributed by atoms with van der Waals surface area (Å²) in [4.78, 5) is 23.9. The van der Waals surface area contributed by atoms with Crippen molar-refractivity contribution in [1.29, 1.82) is 0 Å². The number of carbonyl (C=O) groups excluding carboxylic acids is 1. The maximum Gasteiger partial charge on any atom is 0.319 e. The van der Waals surface area contributed by atoms with Gasteiger partial charge in [-0.1, -0.05) is 0 Å². The van der Waals surface area contributed by atoms with E-state index in [1.165, 1.54) is 0 Å². The average molecular weight is 456 g/mol. The maximum atomic E-state index is 11.8. The molecule has 1 aromatic heterocycles. The van der Waals surface area contributed by atoms with E-state index in [0.717, 1.165) is 35.7 Å². The van der Waals surface area contributed by atoms with Crippen molar-refractivity contribution in [3.8, 4) is 11.4 Å². The number of aliphatic hydroxyl groups is 1. The van der Waals surface area contributed by atoms with Gasteiger partial charge < -0.3 is 30.1 Å². The number of rotatable bonds is 6. The first-order chi connectivity index (χ1) is 15.7. The molecule has 3 heterocycles. The molecule has 0 aliphatic carbocycles. The molecule has 9 nitrogen and oxygen atoms in total. The number of hydrogen-bond acceptors (Lipinski definition) is 7. The second kappa shape index (κ2) is 9.24. The summed E-state index contributed by atoms with van der Waals surface area (Å²) in [5, 5.41) is 16.0. The van der Waals surface area contributed by atoms with Gasteiger partial charge in [-0.05, 0) is 52.0 Å². The number of benzene rings is 1. The van der Waals surface area contributed by atoms with E-state index < -0.39 is 11.2 Å². The minimum absolute atomic E-state index is 0.242. The van der Waals surface area contributed by atoms with Crippen LogP contribution in [0.15, 0.2) is 24.3 Å². The van der Waals surface area contributed by atoms with Crippen LogP contribution < -0.4 is 15.5 Å². The highest BCUT2D eigenvalue weighted by Gasteiger charge is 2.43. The van der Waals surface area contributed by atoms with Crippen molar-refractivity contribution in [1.82, 2.24) is 15.3 Å². The lowest BCUT2D eigenvalue weighted by Crippen LogP contribution is -2.38. The van der Waals surface area contributed by atoms with Crippen LogP contribution >= 0.6 is 0 Å². The molecule has 2 aliphatic rings. The molecule has 33 heavy (non-hydrogen) atoms. The first-order valence-electron chi connectivity index (χ1n) is 11.4. The van der Waals surface area contributed by atoms with Crippen molar-refractivity contribution in [2.24, 2.45) is 0 Å². The minimum Gasteiger partial charge on any atom is -0.390 e. The van der Waals surface area contributed by atoms with E-state index in [0.29, 0.717) is 44.3 Å². The van der Waals surface area contributed by atoms with Crippen molar-refractivity contribution >= 4 is 17.5 Å². The van der Waals surface area contributed by atoms with Crippen LogP contribution in [-0.4, -0.2) is 59.6 Å².